The third-order valence-corrected chi connectivity index (χ3v) is 3.61. The zero-order chi connectivity index (χ0) is 10.8. The first kappa shape index (κ1) is 10.8. The number of nitrogens with zero attached hydrogens (tertiary/aromatic N) is 1. The van der Waals surface area contributed by atoms with Gasteiger partial charge in [-0.05, 0) is 37.0 Å². The van der Waals surface area contributed by atoms with Gasteiger partial charge >= 0.3 is 0 Å². The molecule has 1 aromatic carbocycles. The maximum atomic E-state index is 5.99. The lowest BCUT2D eigenvalue weighted by atomic mass is 9.98. The summed E-state index contributed by atoms with van der Waals surface area (Å²) in [7, 11) is 0. The number of nitrogen functional groups attached to an aromatic ring is 1. The van der Waals surface area contributed by atoms with Crippen molar-refractivity contribution in [2.75, 3.05) is 23.7 Å². The Balaban J connectivity index is 2.18. The monoisotopic (exact) mass is 268 g/mol. The molecule has 1 fully saturated rings. The van der Waals surface area contributed by atoms with Gasteiger partial charge in [0.05, 0.1) is 11.4 Å². The third-order valence-electron chi connectivity index (χ3n) is 3.12. The second kappa shape index (κ2) is 4.44. The Kier molecular flexibility index (Phi) is 3.19. The van der Waals surface area contributed by atoms with Gasteiger partial charge in [-0.3, -0.25) is 0 Å². The number of halogens is 1. The Hall–Kier alpha value is -0.700. The molecular weight excluding hydrogens is 252 g/mol. The standard InChI is InChI=1S/C12H17BrN2/c1-9-4-6-15(7-5-9)12-8-10(13)2-3-11(12)14/h2-3,8-9H,4-7,14H2,1H3. The Morgan fingerprint density at radius 3 is 2.67 bits per heavy atom. The molecule has 0 radical (unpaired) electrons. The van der Waals surface area contributed by atoms with Crippen molar-refractivity contribution in [2.24, 2.45) is 5.92 Å². The molecule has 0 unspecified atom stereocenters. The predicted octanol–water partition coefficient (Wildman–Crippen LogP) is 3.27. The Morgan fingerprint density at radius 2 is 2.00 bits per heavy atom. The normalized spacial score (nSPS) is 18.1. The van der Waals surface area contributed by atoms with Gasteiger partial charge in [-0.2, -0.15) is 0 Å². The van der Waals surface area contributed by atoms with Crippen molar-refractivity contribution in [3.8, 4) is 0 Å². The molecule has 0 atom stereocenters. The highest BCUT2D eigenvalue weighted by Crippen LogP contribution is 2.30. The number of benzene rings is 1. The fourth-order valence-electron chi connectivity index (χ4n) is 2.04. The molecule has 0 bridgehead atoms. The zero-order valence-electron chi connectivity index (χ0n) is 9.04. The van der Waals surface area contributed by atoms with E-state index in [0.717, 1.165) is 29.2 Å². The fraction of sp³-hybridized carbons (Fsp3) is 0.500. The van der Waals surface area contributed by atoms with E-state index in [2.05, 4.69) is 33.8 Å². The maximum absolute atomic E-state index is 5.99. The molecule has 0 saturated carbocycles. The van der Waals surface area contributed by atoms with Crippen LogP contribution in [0.3, 0.4) is 0 Å². The lowest BCUT2D eigenvalue weighted by Gasteiger charge is -2.33. The fourth-order valence-corrected chi connectivity index (χ4v) is 2.39. The average molecular weight is 269 g/mol. The summed E-state index contributed by atoms with van der Waals surface area (Å²) >= 11 is 3.49. The molecule has 1 saturated heterocycles. The van der Waals surface area contributed by atoms with Crippen molar-refractivity contribution in [1.29, 1.82) is 0 Å². The number of anilines is 2. The van der Waals surface area contributed by atoms with Gasteiger partial charge in [-0.15, -0.1) is 0 Å². The van der Waals surface area contributed by atoms with Crippen LogP contribution in [0.5, 0.6) is 0 Å². The van der Waals surface area contributed by atoms with Crippen LogP contribution in [0.15, 0.2) is 22.7 Å². The number of rotatable bonds is 1. The Morgan fingerprint density at radius 1 is 1.33 bits per heavy atom. The lowest BCUT2D eigenvalue weighted by molar-refractivity contribution is 0.438. The first-order valence-corrected chi connectivity index (χ1v) is 6.26. The summed E-state index contributed by atoms with van der Waals surface area (Å²) in [4.78, 5) is 2.39. The SMILES string of the molecule is CC1CCN(c2cc(Br)ccc2N)CC1. The molecule has 0 aliphatic carbocycles. The van der Waals surface area contributed by atoms with Gasteiger partial charge in [-0.1, -0.05) is 22.9 Å². The number of hydrogen-bond acceptors (Lipinski definition) is 2. The molecule has 0 amide bonds. The summed E-state index contributed by atoms with van der Waals surface area (Å²) in [5, 5.41) is 0. The molecule has 2 nitrogen and oxygen atoms in total. The molecule has 0 aromatic heterocycles. The van der Waals surface area contributed by atoms with Crippen LogP contribution in [-0.4, -0.2) is 13.1 Å². The first-order chi connectivity index (χ1) is 7.16. The van der Waals surface area contributed by atoms with Crippen LogP contribution in [0, 0.1) is 5.92 Å². The molecule has 0 spiro atoms. The molecule has 1 aromatic rings. The minimum Gasteiger partial charge on any atom is -0.397 e. The third kappa shape index (κ3) is 2.46. The summed E-state index contributed by atoms with van der Waals surface area (Å²) in [6.45, 7) is 4.57. The minimum absolute atomic E-state index is 0.856. The van der Waals surface area contributed by atoms with E-state index in [9.17, 15) is 0 Å². The molecule has 1 aliphatic rings. The van der Waals surface area contributed by atoms with Gasteiger partial charge in [0.2, 0.25) is 0 Å². The number of hydrogen-bond donors (Lipinski definition) is 1. The highest BCUT2D eigenvalue weighted by molar-refractivity contribution is 9.10. The van der Waals surface area contributed by atoms with Crippen LogP contribution in [0.2, 0.25) is 0 Å². The summed E-state index contributed by atoms with van der Waals surface area (Å²) in [5.74, 6) is 0.856. The summed E-state index contributed by atoms with van der Waals surface area (Å²) in [6, 6.07) is 6.08. The molecule has 1 aliphatic heterocycles. The smallest absolute Gasteiger partial charge is 0.0611 e. The second-order valence-corrected chi connectivity index (χ2v) is 5.29. The van der Waals surface area contributed by atoms with Gasteiger partial charge in [-0.25, -0.2) is 0 Å². The number of piperidine rings is 1. The number of nitrogens with two attached hydrogens (primary N) is 1. The molecule has 1 heterocycles. The predicted molar refractivity (Wildman–Crippen MR) is 69.2 cm³/mol. The quantitative estimate of drug-likeness (QED) is 0.793. The van der Waals surface area contributed by atoms with Crippen molar-refractivity contribution >= 4 is 27.3 Å². The summed E-state index contributed by atoms with van der Waals surface area (Å²) in [6.07, 6.45) is 2.54. The zero-order valence-corrected chi connectivity index (χ0v) is 10.6. The molecule has 2 N–H and O–H groups in total. The highest BCUT2D eigenvalue weighted by Gasteiger charge is 2.17. The largest absolute Gasteiger partial charge is 0.397 e. The van der Waals surface area contributed by atoms with Gasteiger partial charge in [0.1, 0.15) is 0 Å². The minimum atomic E-state index is 0.856. The van der Waals surface area contributed by atoms with E-state index in [1.807, 2.05) is 12.1 Å². The van der Waals surface area contributed by atoms with E-state index in [1.165, 1.54) is 18.5 Å². The van der Waals surface area contributed by atoms with Crippen LogP contribution in [-0.2, 0) is 0 Å². The van der Waals surface area contributed by atoms with Crippen LogP contribution in [0.4, 0.5) is 11.4 Å². The van der Waals surface area contributed by atoms with Crippen molar-refractivity contribution < 1.29 is 0 Å². The van der Waals surface area contributed by atoms with Crippen LogP contribution >= 0.6 is 15.9 Å². The van der Waals surface area contributed by atoms with Gasteiger partial charge in [0.15, 0.2) is 0 Å². The van der Waals surface area contributed by atoms with Crippen molar-refractivity contribution in [3.05, 3.63) is 22.7 Å². The lowest BCUT2D eigenvalue weighted by Crippen LogP contribution is -2.33. The topological polar surface area (TPSA) is 29.3 Å². The first-order valence-electron chi connectivity index (χ1n) is 5.47. The van der Waals surface area contributed by atoms with E-state index in [0.29, 0.717) is 0 Å². The average Bonchev–Trinajstić information content (AvgIpc) is 2.23. The van der Waals surface area contributed by atoms with E-state index < -0.39 is 0 Å². The molecule has 15 heavy (non-hydrogen) atoms. The van der Waals surface area contributed by atoms with Crippen LogP contribution in [0.25, 0.3) is 0 Å². The van der Waals surface area contributed by atoms with Gasteiger partial charge in [0.25, 0.3) is 0 Å². The molecule has 2 rings (SSSR count). The van der Waals surface area contributed by atoms with Crippen LogP contribution in [0.1, 0.15) is 19.8 Å². The van der Waals surface area contributed by atoms with E-state index in [-0.39, 0.29) is 0 Å². The van der Waals surface area contributed by atoms with Gasteiger partial charge < -0.3 is 10.6 Å². The van der Waals surface area contributed by atoms with Crippen molar-refractivity contribution in [2.45, 2.75) is 19.8 Å². The van der Waals surface area contributed by atoms with Crippen LogP contribution < -0.4 is 10.6 Å². The highest BCUT2D eigenvalue weighted by atomic mass is 79.9. The molecular formula is C12H17BrN2. The van der Waals surface area contributed by atoms with Crippen molar-refractivity contribution in [1.82, 2.24) is 0 Å². The van der Waals surface area contributed by atoms with E-state index >= 15 is 0 Å². The van der Waals surface area contributed by atoms with Crippen molar-refractivity contribution in [3.63, 3.8) is 0 Å². The maximum Gasteiger partial charge on any atom is 0.0611 e. The summed E-state index contributed by atoms with van der Waals surface area (Å²) < 4.78 is 1.10. The molecule has 3 heteroatoms. The summed E-state index contributed by atoms with van der Waals surface area (Å²) in [5.41, 5.74) is 8.05. The molecule has 82 valence electrons. The Bertz CT molecular complexity index is 343. The van der Waals surface area contributed by atoms with Gasteiger partial charge in [0, 0.05) is 17.6 Å². The van der Waals surface area contributed by atoms with E-state index in [4.69, 9.17) is 5.73 Å². The Labute approximate surface area is 99.6 Å². The van der Waals surface area contributed by atoms with E-state index in [1.54, 1.807) is 0 Å². The second-order valence-electron chi connectivity index (χ2n) is 4.37.